The van der Waals surface area contributed by atoms with Crippen molar-refractivity contribution in [1.82, 2.24) is 0 Å². The van der Waals surface area contributed by atoms with E-state index in [1.807, 2.05) is 126 Å². The van der Waals surface area contributed by atoms with Gasteiger partial charge in [-0.3, -0.25) is 0 Å². The van der Waals surface area contributed by atoms with Gasteiger partial charge in [0.05, 0.1) is 31.2 Å². The summed E-state index contributed by atoms with van der Waals surface area (Å²) in [5, 5.41) is 25.1. The van der Waals surface area contributed by atoms with Crippen molar-refractivity contribution in [2.24, 2.45) is 21.1 Å². The molecule has 0 spiro atoms. The van der Waals surface area contributed by atoms with Gasteiger partial charge in [0, 0.05) is 51.5 Å². The zero-order valence-corrected chi connectivity index (χ0v) is 34.2. The number of benzene rings is 3. The van der Waals surface area contributed by atoms with Gasteiger partial charge in [0.2, 0.25) is 16.6 Å². The normalized spacial score (nSPS) is 10.6. The average Bonchev–Trinajstić information content (AvgIpc) is 3.07. The van der Waals surface area contributed by atoms with Crippen molar-refractivity contribution in [3.8, 4) is 0 Å². The van der Waals surface area contributed by atoms with Crippen LogP contribution < -0.4 is 47.9 Å². The number of carbonyl (C=O) groups excluding carboxylic acids is 2. The summed E-state index contributed by atoms with van der Waals surface area (Å²) >= 11 is 35.7. The first kappa shape index (κ1) is 48.9. The molecule has 0 saturated heterocycles. The first-order chi connectivity index (χ1) is 24.4. The van der Waals surface area contributed by atoms with Crippen molar-refractivity contribution < 1.29 is 83.8 Å². The number of aromatic nitrogens is 3. The monoisotopic (exact) mass is 989 g/mol. The predicted octanol–water partition coefficient (Wildman–Crippen LogP) is 4.51. The molecule has 0 atom stereocenters. The SMILES string of the molecule is C[n+]1ccc(Cl)c2ccc(Cl)cc21.C[n+]1ccc(Cl)c2ccc(Cl)cc21.C[n+]1ccc(Cl)c2ccc(Cl)cc21.O=C([O-])C(F)(F)F.O=C([O-])C(F)(F)F.[I-]. The Bertz CT molecular complexity index is 2030. The molecule has 54 heavy (non-hydrogen) atoms. The van der Waals surface area contributed by atoms with E-state index >= 15 is 0 Å². The molecule has 290 valence electrons. The molecule has 0 aliphatic heterocycles. The quantitative estimate of drug-likeness (QED) is 0.127. The van der Waals surface area contributed by atoms with E-state index in [0.717, 1.165) is 62.8 Å². The molecule has 3 heterocycles. The van der Waals surface area contributed by atoms with Gasteiger partial charge in [0.25, 0.3) is 0 Å². The summed E-state index contributed by atoms with van der Waals surface area (Å²) in [6.45, 7) is 0. The minimum Gasteiger partial charge on any atom is -1.00 e. The van der Waals surface area contributed by atoms with Crippen molar-refractivity contribution in [3.63, 3.8) is 0 Å². The standard InChI is InChI=1S/3C10H8Cl2N.2C2HF3O2.HI/c3*1-13-5-4-9(12)8-3-2-7(11)6-10(8)13;2*3-2(4,5)1(6)7;/h3*2-6H,1H3;2*(H,6,7);1H/q3*+1;;;/p-3. The number of carboxylic acids is 2. The van der Waals surface area contributed by atoms with E-state index in [2.05, 4.69) is 0 Å². The van der Waals surface area contributed by atoms with Crippen molar-refractivity contribution in [1.29, 1.82) is 0 Å². The second kappa shape index (κ2) is 21.3. The van der Waals surface area contributed by atoms with Crippen LogP contribution in [0.2, 0.25) is 30.1 Å². The summed E-state index contributed by atoms with van der Waals surface area (Å²) in [6.07, 6.45) is -4.64. The van der Waals surface area contributed by atoms with Gasteiger partial charge in [0.1, 0.15) is 33.1 Å². The van der Waals surface area contributed by atoms with Crippen LogP contribution in [0.25, 0.3) is 32.7 Å². The van der Waals surface area contributed by atoms with Crippen LogP contribution in [0.3, 0.4) is 0 Å². The van der Waals surface area contributed by atoms with Crippen molar-refractivity contribution in [2.75, 3.05) is 0 Å². The number of alkyl halides is 6. The predicted molar refractivity (Wildman–Crippen MR) is 188 cm³/mol. The molecule has 0 amide bonds. The molecule has 0 bridgehead atoms. The Morgan fingerprint density at radius 3 is 0.870 bits per heavy atom. The Kier molecular flexibility index (Phi) is 19.2. The molecule has 0 radical (unpaired) electrons. The van der Waals surface area contributed by atoms with Gasteiger partial charge >= 0.3 is 12.4 Å². The lowest BCUT2D eigenvalue weighted by Crippen LogP contribution is -3.00. The van der Waals surface area contributed by atoms with Gasteiger partial charge in [-0.05, 0) is 36.4 Å². The Hall–Kier alpha value is -3.12. The Labute approximate surface area is 350 Å². The highest BCUT2D eigenvalue weighted by Gasteiger charge is 2.29. The van der Waals surface area contributed by atoms with Crippen LogP contribution in [-0.2, 0) is 30.7 Å². The van der Waals surface area contributed by atoms with Crippen LogP contribution in [-0.4, -0.2) is 24.3 Å². The zero-order chi connectivity index (χ0) is 40.4. The van der Waals surface area contributed by atoms with Crippen molar-refractivity contribution >= 4 is 114 Å². The van der Waals surface area contributed by atoms with Crippen LogP contribution >= 0.6 is 69.6 Å². The minimum absolute atomic E-state index is 0. The molecule has 3 aromatic heterocycles. The van der Waals surface area contributed by atoms with E-state index in [9.17, 15) is 26.3 Å². The highest BCUT2D eigenvalue weighted by Crippen LogP contribution is 2.25. The van der Waals surface area contributed by atoms with Crippen molar-refractivity contribution in [2.45, 2.75) is 12.4 Å². The van der Waals surface area contributed by atoms with Gasteiger partial charge in [0.15, 0.2) is 18.6 Å². The van der Waals surface area contributed by atoms with E-state index in [0.29, 0.717) is 0 Å². The second-order valence-electron chi connectivity index (χ2n) is 10.4. The van der Waals surface area contributed by atoms with E-state index in [1.54, 1.807) is 0 Å². The van der Waals surface area contributed by atoms with Crippen molar-refractivity contribution in [3.05, 3.63) is 122 Å². The number of hydrogen-bond donors (Lipinski definition) is 0. The molecule has 3 aromatic carbocycles. The third kappa shape index (κ3) is 14.8. The lowest BCUT2D eigenvalue weighted by atomic mass is 10.2. The second-order valence-corrected chi connectivity index (χ2v) is 12.9. The maximum absolute atomic E-state index is 10.5. The lowest BCUT2D eigenvalue weighted by molar-refractivity contribution is -0.645. The molecular weight excluding hydrogens is 968 g/mol. The zero-order valence-electron chi connectivity index (χ0n) is 27.5. The first-order valence-corrected chi connectivity index (χ1v) is 16.5. The molecule has 7 nitrogen and oxygen atoms in total. The summed E-state index contributed by atoms with van der Waals surface area (Å²) in [6, 6.07) is 22.7. The van der Waals surface area contributed by atoms with Gasteiger partial charge in [-0.15, -0.1) is 0 Å². The van der Waals surface area contributed by atoms with Gasteiger partial charge in [-0.25, -0.2) is 13.7 Å². The molecule has 0 fully saturated rings. The van der Waals surface area contributed by atoms with Crippen LogP contribution in [0.15, 0.2) is 91.4 Å². The number of aliphatic carboxylic acids is 2. The van der Waals surface area contributed by atoms with E-state index in [4.69, 9.17) is 89.4 Å². The maximum Gasteiger partial charge on any atom is 0.430 e. The largest absolute Gasteiger partial charge is 1.00 e. The molecule has 20 heteroatoms. The highest BCUT2D eigenvalue weighted by atomic mass is 127. The fraction of sp³-hybridized carbons (Fsp3) is 0.147. The summed E-state index contributed by atoms with van der Waals surface area (Å²) in [5.74, 6) is -6.01. The Morgan fingerprint density at radius 1 is 0.481 bits per heavy atom. The van der Waals surface area contributed by atoms with Crippen LogP contribution in [0.1, 0.15) is 0 Å². The molecule has 6 rings (SSSR count). The molecule has 0 aliphatic rings. The first-order valence-electron chi connectivity index (χ1n) is 14.2. The Balaban J connectivity index is 0.000000346. The smallest absolute Gasteiger partial charge is 0.430 e. The number of rotatable bonds is 0. The molecule has 0 N–H and O–H groups in total. The number of fused-ring (bicyclic) bond motifs is 3. The summed E-state index contributed by atoms with van der Waals surface area (Å²) < 4.78 is 69.1. The van der Waals surface area contributed by atoms with E-state index < -0.39 is 24.3 Å². The average molecular weight is 992 g/mol. The number of carbonyl (C=O) groups is 2. The number of pyridine rings is 3. The van der Waals surface area contributed by atoms with E-state index in [1.165, 1.54) is 0 Å². The molecular formula is C34H24Cl6F6IN3O4. The summed E-state index contributed by atoms with van der Waals surface area (Å²) in [7, 11) is 5.90. The number of carboxylic acid groups (broad SMARTS) is 2. The molecule has 0 unspecified atom stereocenters. The third-order valence-electron chi connectivity index (χ3n) is 6.59. The summed E-state index contributed by atoms with van der Waals surface area (Å²) in [4.78, 5) is 17.6. The molecule has 0 saturated carbocycles. The Morgan fingerprint density at radius 2 is 0.685 bits per heavy atom. The number of nitrogens with zero attached hydrogens (tertiary/aromatic N) is 3. The minimum atomic E-state index is -5.19. The van der Waals surface area contributed by atoms with Crippen LogP contribution in [0.4, 0.5) is 26.3 Å². The topological polar surface area (TPSA) is 91.9 Å². The van der Waals surface area contributed by atoms with Gasteiger partial charge < -0.3 is 43.8 Å². The van der Waals surface area contributed by atoms with Crippen LogP contribution in [0.5, 0.6) is 0 Å². The van der Waals surface area contributed by atoms with Gasteiger partial charge in [-0.2, -0.15) is 26.3 Å². The molecule has 6 aromatic rings. The lowest BCUT2D eigenvalue weighted by Gasteiger charge is -2.03. The maximum atomic E-state index is 10.5. The highest BCUT2D eigenvalue weighted by molar-refractivity contribution is 6.37. The van der Waals surface area contributed by atoms with E-state index in [-0.39, 0.29) is 24.0 Å². The number of halogens is 13. The molecule has 0 aliphatic carbocycles. The van der Waals surface area contributed by atoms with Gasteiger partial charge in [-0.1, -0.05) is 69.6 Å². The third-order valence-corrected chi connectivity index (χ3v) is 8.28. The fourth-order valence-electron chi connectivity index (χ4n) is 4.04. The number of aryl methyl sites for hydroxylation is 3. The summed E-state index contributed by atoms with van der Waals surface area (Å²) in [5.41, 5.74) is 3.13. The number of hydrogen-bond acceptors (Lipinski definition) is 4. The fourth-order valence-corrected chi connectivity index (χ4v) is 5.19. The van der Waals surface area contributed by atoms with Crippen LogP contribution in [0, 0.1) is 0 Å².